The standard InChI is InChI=1S/C28H31FN2O3/c1-3-17-30-28(33)25(18-22-10-5-4-6-11-22)31(19-23-13-15-24(29)16-14-23)27(32)20-34-26-12-8-7-9-21(26)2/h4-16,25H,3,17-20H2,1-2H3,(H,30,33)/t25-/m0/s1. The first-order chi connectivity index (χ1) is 16.5. The Balaban J connectivity index is 1.89. The molecule has 1 N–H and O–H groups in total. The molecule has 1 atom stereocenters. The van der Waals surface area contributed by atoms with E-state index >= 15 is 0 Å². The van der Waals surface area contributed by atoms with Crippen LogP contribution in [0.15, 0.2) is 78.9 Å². The summed E-state index contributed by atoms with van der Waals surface area (Å²) in [6, 6.07) is 22.3. The van der Waals surface area contributed by atoms with Gasteiger partial charge in [0.05, 0.1) is 0 Å². The first-order valence-corrected chi connectivity index (χ1v) is 11.5. The van der Waals surface area contributed by atoms with Gasteiger partial charge in [-0.3, -0.25) is 9.59 Å². The van der Waals surface area contributed by atoms with Gasteiger partial charge < -0.3 is 15.0 Å². The summed E-state index contributed by atoms with van der Waals surface area (Å²) in [6.45, 7) is 4.35. The quantitative estimate of drug-likeness (QED) is 0.450. The van der Waals surface area contributed by atoms with Crippen molar-refractivity contribution in [1.29, 1.82) is 0 Å². The second-order valence-electron chi connectivity index (χ2n) is 8.20. The van der Waals surface area contributed by atoms with Gasteiger partial charge in [0, 0.05) is 19.5 Å². The van der Waals surface area contributed by atoms with Crippen molar-refractivity contribution in [3.63, 3.8) is 0 Å². The zero-order valence-electron chi connectivity index (χ0n) is 19.7. The maximum atomic E-state index is 13.5. The normalized spacial score (nSPS) is 11.5. The van der Waals surface area contributed by atoms with E-state index in [1.54, 1.807) is 12.1 Å². The number of carbonyl (C=O) groups is 2. The highest BCUT2D eigenvalue weighted by Crippen LogP contribution is 2.19. The molecule has 0 saturated heterocycles. The maximum Gasteiger partial charge on any atom is 0.261 e. The maximum absolute atomic E-state index is 13.5. The zero-order chi connectivity index (χ0) is 24.3. The largest absolute Gasteiger partial charge is 0.484 e. The minimum absolute atomic E-state index is 0.160. The second-order valence-corrected chi connectivity index (χ2v) is 8.20. The fourth-order valence-corrected chi connectivity index (χ4v) is 3.65. The van der Waals surface area contributed by atoms with Crippen LogP contribution < -0.4 is 10.1 Å². The Bertz CT molecular complexity index is 1070. The van der Waals surface area contributed by atoms with Crippen LogP contribution in [0.25, 0.3) is 0 Å². The van der Waals surface area contributed by atoms with Crippen molar-refractivity contribution in [3.05, 3.63) is 101 Å². The van der Waals surface area contributed by atoms with Gasteiger partial charge in [0.25, 0.3) is 5.91 Å². The molecule has 5 nitrogen and oxygen atoms in total. The van der Waals surface area contributed by atoms with E-state index in [2.05, 4.69) is 5.32 Å². The van der Waals surface area contributed by atoms with E-state index in [1.807, 2.05) is 68.4 Å². The van der Waals surface area contributed by atoms with Crippen molar-refractivity contribution >= 4 is 11.8 Å². The molecule has 0 radical (unpaired) electrons. The number of halogens is 1. The van der Waals surface area contributed by atoms with Crippen LogP contribution in [0.5, 0.6) is 5.75 Å². The molecule has 0 fully saturated rings. The van der Waals surface area contributed by atoms with Crippen LogP contribution in [-0.4, -0.2) is 35.9 Å². The van der Waals surface area contributed by atoms with E-state index in [4.69, 9.17) is 4.74 Å². The summed E-state index contributed by atoms with van der Waals surface area (Å²) < 4.78 is 19.3. The predicted molar refractivity (Wildman–Crippen MR) is 131 cm³/mol. The number of carbonyl (C=O) groups excluding carboxylic acids is 2. The number of amides is 2. The minimum Gasteiger partial charge on any atom is -0.484 e. The Morgan fingerprint density at radius 2 is 1.62 bits per heavy atom. The lowest BCUT2D eigenvalue weighted by molar-refractivity contribution is -0.142. The summed E-state index contributed by atoms with van der Waals surface area (Å²) >= 11 is 0. The van der Waals surface area contributed by atoms with E-state index in [-0.39, 0.29) is 30.8 Å². The SMILES string of the molecule is CCCNC(=O)[C@H](Cc1ccccc1)N(Cc1ccc(F)cc1)C(=O)COc1ccccc1C. The van der Waals surface area contributed by atoms with Crippen molar-refractivity contribution in [2.45, 2.75) is 39.3 Å². The van der Waals surface area contributed by atoms with Crippen LogP contribution in [0.3, 0.4) is 0 Å². The third kappa shape index (κ3) is 7.17. The Morgan fingerprint density at radius 3 is 2.29 bits per heavy atom. The van der Waals surface area contributed by atoms with E-state index in [0.717, 1.165) is 23.1 Å². The number of ether oxygens (including phenoxy) is 1. The highest BCUT2D eigenvalue weighted by molar-refractivity contribution is 5.88. The Labute approximate surface area is 200 Å². The van der Waals surface area contributed by atoms with Crippen LogP contribution >= 0.6 is 0 Å². The molecule has 0 heterocycles. The summed E-state index contributed by atoms with van der Waals surface area (Å²) in [6.07, 6.45) is 1.14. The van der Waals surface area contributed by atoms with Crippen molar-refractivity contribution < 1.29 is 18.7 Å². The molecule has 178 valence electrons. The third-order valence-electron chi connectivity index (χ3n) is 5.53. The first kappa shape index (κ1) is 25.0. The number of hydrogen-bond acceptors (Lipinski definition) is 3. The van der Waals surface area contributed by atoms with Crippen molar-refractivity contribution in [3.8, 4) is 5.75 Å². The molecule has 0 spiro atoms. The van der Waals surface area contributed by atoms with Crippen LogP contribution in [0.1, 0.15) is 30.0 Å². The van der Waals surface area contributed by atoms with Crippen molar-refractivity contribution in [1.82, 2.24) is 10.2 Å². The minimum atomic E-state index is -0.744. The molecule has 3 rings (SSSR count). The monoisotopic (exact) mass is 462 g/mol. The molecule has 0 saturated carbocycles. The zero-order valence-corrected chi connectivity index (χ0v) is 19.7. The van der Waals surface area contributed by atoms with Gasteiger partial charge in [-0.15, -0.1) is 0 Å². The average Bonchev–Trinajstić information content (AvgIpc) is 2.85. The van der Waals surface area contributed by atoms with Crippen LogP contribution in [0, 0.1) is 12.7 Å². The lowest BCUT2D eigenvalue weighted by atomic mass is 10.0. The molecule has 34 heavy (non-hydrogen) atoms. The van der Waals surface area contributed by atoms with E-state index < -0.39 is 6.04 Å². The average molecular weight is 463 g/mol. The van der Waals surface area contributed by atoms with Gasteiger partial charge >= 0.3 is 0 Å². The van der Waals surface area contributed by atoms with Gasteiger partial charge in [0.1, 0.15) is 17.6 Å². The lowest BCUT2D eigenvalue weighted by Crippen LogP contribution is -2.51. The summed E-state index contributed by atoms with van der Waals surface area (Å²) in [4.78, 5) is 28.2. The summed E-state index contributed by atoms with van der Waals surface area (Å²) in [7, 11) is 0. The fourth-order valence-electron chi connectivity index (χ4n) is 3.65. The molecule has 6 heteroatoms. The number of nitrogens with zero attached hydrogens (tertiary/aromatic N) is 1. The molecule has 0 aliphatic carbocycles. The number of aryl methyl sites for hydroxylation is 1. The molecule has 0 unspecified atom stereocenters. The molecule has 2 amide bonds. The number of rotatable bonds is 11. The molecule has 0 aromatic heterocycles. The highest BCUT2D eigenvalue weighted by Gasteiger charge is 2.30. The molecule has 0 bridgehead atoms. The smallest absolute Gasteiger partial charge is 0.261 e. The topological polar surface area (TPSA) is 58.6 Å². The first-order valence-electron chi connectivity index (χ1n) is 11.5. The highest BCUT2D eigenvalue weighted by atomic mass is 19.1. The van der Waals surface area contributed by atoms with Gasteiger partial charge in [0.15, 0.2) is 6.61 Å². The van der Waals surface area contributed by atoms with Gasteiger partial charge in [-0.05, 0) is 48.2 Å². The Hall–Kier alpha value is -3.67. The Morgan fingerprint density at radius 1 is 0.941 bits per heavy atom. The van der Waals surface area contributed by atoms with E-state index in [9.17, 15) is 14.0 Å². The third-order valence-corrected chi connectivity index (χ3v) is 5.53. The number of benzene rings is 3. The van der Waals surface area contributed by atoms with E-state index in [0.29, 0.717) is 18.7 Å². The summed E-state index contributed by atoms with van der Waals surface area (Å²) in [5, 5.41) is 2.93. The molecule has 0 aliphatic heterocycles. The van der Waals surface area contributed by atoms with Crippen LogP contribution in [0.2, 0.25) is 0 Å². The lowest BCUT2D eigenvalue weighted by Gasteiger charge is -2.31. The van der Waals surface area contributed by atoms with Crippen molar-refractivity contribution in [2.24, 2.45) is 0 Å². The Kier molecular flexibility index (Phi) is 9.21. The number of para-hydroxylation sites is 1. The van der Waals surface area contributed by atoms with Gasteiger partial charge in [0.2, 0.25) is 5.91 Å². The summed E-state index contributed by atoms with van der Waals surface area (Å²) in [5.74, 6) is -0.282. The molecular formula is C28H31FN2O3. The van der Waals surface area contributed by atoms with Crippen LogP contribution in [0.4, 0.5) is 4.39 Å². The predicted octanol–water partition coefficient (Wildman–Crippen LogP) is 4.68. The van der Waals surface area contributed by atoms with Crippen molar-refractivity contribution in [2.75, 3.05) is 13.2 Å². The molecular weight excluding hydrogens is 431 g/mol. The fraction of sp³-hybridized carbons (Fsp3) is 0.286. The van der Waals surface area contributed by atoms with Gasteiger partial charge in [-0.2, -0.15) is 0 Å². The van der Waals surface area contributed by atoms with Gasteiger partial charge in [-0.25, -0.2) is 4.39 Å². The number of hydrogen-bond donors (Lipinski definition) is 1. The van der Waals surface area contributed by atoms with Crippen LogP contribution in [-0.2, 0) is 22.6 Å². The van der Waals surface area contributed by atoms with E-state index in [1.165, 1.54) is 17.0 Å². The molecule has 3 aromatic rings. The number of nitrogens with one attached hydrogen (secondary N) is 1. The molecule has 3 aromatic carbocycles. The second kappa shape index (κ2) is 12.5. The molecule has 0 aliphatic rings. The van der Waals surface area contributed by atoms with Gasteiger partial charge in [-0.1, -0.05) is 67.6 Å². The summed E-state index contributed by atoms with van der Waals surface area (Å²) in [5.41, 5.74) is 2.59.